The van der Waals surface area contributed by atoms with Crippen molar-refractivity contribution >= 4 is 11.2 Å². The summed E-state index contributed by atoms with van der Waals surface area (Å²) in [5.41, 5.74) is 2.74. The van der Waals surface area contributed by atoms with Crippen LogP contribution >= 0.6 is 0 Å². The maximum Gasteiger partial charge on any atom is 0.163 e. The molecule has 0 bridgehead atoms. The quantitative estimate of drug-likeness (QED) is 0.663. The van der Waals surface area contributed by atoms with Gasteiger partial charge >= 0.3 is 0 Å². The zero-order valence-corrected chi connectivity index (χ0v) is 9.83. The van der Waals surface area contributed by atoms with Crippen LogP contribution in [0.25, 0.3) is 0 Å². The first-order chi connectivity index (χ1) is 8.29. The molecule has 2 aromatic carbocycles. The topological polar surface area (TPSA) is 46.8 Å². The van der Waals surface area contributed by atoms with E-state index in [0.717, 1.165) is 27.3 Å². The van der Waals surface area contributed by atoms with Gasteiger partial charge in [0.2, 0.25) is 0 Å². The number of nitriles is 1. The van der Waals surface area contributed by atoms with Crippen molar-refractivity contribution in [3.8, 4) is 6.07 Å². The molecule has 1 atom stereocenters. The molecule has 0 fully saturated rings. The predicted molar refractivity (Wildman–Crippen MR) is 65.1 cm³/mol. The normalized spacial score (nSPS) is 16.8. The average Bonchev–Trinajstić information content (AvgIpc) is 2.39. The van der Waals surface area contributed by atoms with E-state index in [4.69, 9.17) is 5.26 Å². The van der Waals surface area contributed by atoms with Crippen LogP contribution in [0, 0.1) is 11.3 Å². The fraction of sp³-hybridized carbons (Fsp3) is 0.0714. The lowest BCUT2D eigenvalue weighted by atomic mass is 10.0. The zero-order chi connectivity index (χ0) is 11.8. The molecule has 2 nitrogen and oxygen atoms in total. The summed E-state index contributed by atoms with van der Waals surface area (Å²) in [6.45, 7) is 0. The molecule has 0 spiro atoms. The van der Waals surface area contributed by atoms with E-state index in [-0.39, 0.29) is 0 Å². The van der Waals surface area contributed by atoms with Crippen LogP contribution < -0.4 is 0 Å². The van der Waals surface area contributed by atoms with Gasteiger partial charge in [-0.25, -0.2) is 0 Å². The number of fused-ring (bicyclic) bond motifs is 2. The van der Waals surface area contributed by atoms with E-state index in [2.05, 4.69) is 6.07 Å². The van der Waals surface area contributed by atoms with E-state index < -0.39 is 11.2 Å². The summed E-state index contributed by atoms with van der Waals surface area (Å²) < 4.78 is 12.4. The third kappa shape index (κ3) is 1.62. The van der Waals surface area contributed by atoms with E-state index in [1.54, 1.807) is 12.1 Å². The third-order valence-electron chi connectivity index (χ3n) is 2.95. The molecule has 3 rings (SSSR count). The van der Waals surface area contributed by atoms with Gasteiger partial charge in [0.15, 0.2) is 9.79 Å². The number of hydrogen-bond acceptors (Lipinski definition) is 2. The summed E-state index contributed by atoms with van der Waals surface area (Å²) in [5.74, 6) is 0. The average molecular weight is 239 g/mol. The standard InChI is InChI=1S/C14H9NOS/c15-9-10-5-6-12-8-11-3-1-2-4-13(11)17(16)14(12)7-10/h1-7H,8H2. The van der Waals surface area contributed by atoms with E-state index in [1.165, 1.54) is 0 Å². The maximum atomic E-state index is 12.4. The Kier molecular flexibility index (Phi) is 2.40. The van der Waals surface area contributed by atoms with E-state index in [1.807, 2.05) is 30.3 Å². The van der Waals surface area contributed by atoms with E-state index in [0.29, 0.717) is 5.56 Å². The minimum atomic E-state index is -1.15. The SMILES string of the molecule is N#Cc1ccc2c(c1)[S+]([O-])c1ccccc1C2. The zero-order valence-electron chi connectivity index (χ0n) is 9.01. The Labute approximate surface area is 103 Å². The molecule has 1 aliphatic heterocycles. The Balaban J connectivity index is 2.17. The second kappa shape index (κ2) is 3.92. The molecular weight excluding hydrogens is 230 g/mol. The van der Waals surface area contributed by atoms with Crippen molar-refractivity contribution in [3.05, 3.63) is 59.2 Å². The van der Waals surface area contributed by atoms with Crippen molar-refractivity contribution in [1.29, 1.82) is 5.26 Å². The molecule has 1 unspecified atom stereocenters. The van der Waals surface area contributed by atoms with Gasteiger partial charge in [-0.3, -0.25) is 0 Å². The highest BCUT2D eigenvalue weighted by molar-refractivity contribution is 7.91. The molecule has 82 valence electrons. The second-order valence-corrected chi connectivity index (χ2v) is 5.40. The lowest BCUT2D eigenvalue weighted by molar-refractivity contribution is 0.590. The lowest BCUT2D eigenvalue weighted by Crippen LogP contribution is -2.14. The molecule has 17 heavy (non-hydrogen) atoms. The summed E-state index contributed by atoms with van der Waals surface area (Å²) in [5, 5.41) is 8.87. The summed E-state index contributed by atoms with van der Waals surface area (Å²) >= 11 is -1.15. The van der Waals surface area contributed by atoms with Crippen LogP contribution in [-0.4, -0.2) is 4.55 Å². The van der Waals surface area contributed by atoms with Gasteiger partial charge in [0, 0.05) is 34.8 Å². The fourth-order valence-electron chi connectivity index (χ4n) is 2.10. The molecule has 1 aliphatic rings. The Morgan fingerprint density at radius 1 is 1.06 bits per heavy atom. The van der Waals surface area contributed by atoms with Crippen molar-refractivity contribution in [1.82, 2.24) is 0 Å². The molecule has 0 aromatic heterocycles. The van der Waals surface area contributed by atoms with Crippen molar-refractivity contribution in [3.63, 3.8) is 0 Å². The van der Waals surface area contributed by atoms with Crippen LogP contribution in [0.2, 0.25) is 0 Å². The fourth-order valence-corrected chi connectivity index (χ4v) is 3.53. The monoisotopic (exact) mass is 239 g/mol. The van der Waals surface area contributed by atoms with Crippen LogP contribution in [-0.2, 0) is 17.6 Å². The Morgan fingerprint density at radius 2 is 1.82 bits per heavy atom. The van der Waals surface area contributed by atoms with E-state index in [9.17, 15) is 4.55 Å². The third-order valence-corrected chi connectivity index (χ3v) is 4.53. The highest BCUT2D eigenvalue weighted by Gasteiger charge is 2.28. The highest BCUT2D eigenvalue weighted by Crippen LogP contribution is 2.34. The summed E-state index contributed by atoms with van der Waals surface area (Å²) in [6, 6.07) is 15.3. The Morgan fingerprint density at radius 3 is 2.65 bits per heavy atom. The molecule has 0 saturated heterocycles. The minimum absolute atomic E-state index is 0.566. The highest BCUT2D eigenvalue weighted by atomic mass is 32.2. The largest absolute Gasteiger partial charge is 0.606 e. The molecular formula is C14H9NOS. The molecule has 0 aliphatic carbocycles. The Bertz CT molecular complexity index is 630. The van der Waals surface area contributed by atoms with Gasteiger partial charge in [-0.05, 0) is 12.1 Å². The van der Waals surface area contributed by atoms with Crippen LogP contribution in [0.5, 0.6) is 0 Å². The van der Waals surface area contributed by atoms with Crippen molar-refractivity contribution < 1.29 is 4.55 Å². The number of benzene rings is 2. The first kappa shape index (κ1) is 10.4. The smallest absolute Gasteiger partial charge is 0.163 e. The first-order valence-electron chi connectivity index (χ1n) is 5.32. The van der Waals surface area contributed by atoms with Crippen LogP contribution in [0.4, 0.5) is 0 Å². The summed E-state index contributed by atoms with van der Waals surface area (Å²) in [6.07, 6.45) is 0.795. The first-order valence-corrected chi connectivity index (χ1v) is 6.47. The van der Waals surface area contributed by atoms with Gasteiger partial charge in [-0.15, -0.1) is 0 Å². The van der Waals surface area contributed by atoms with Crippen molar-refractivity contribution in [2.75, 3.05) is 0 Å². The van der Waals surface area contributed by atoms with Gasteiger partial charge in [0.25, 0.3) is 0 Å². The van der Waals surface area contributed by atoms with E-state index >= 15 is 0 Å². The Hall–Kier alpha value is -1.76. The summed E-state index contributed by atoms with van der Waals surface area (Å²) in [7, 11) is 0. The number of nitrogens with zero attached hydrogens (tertiary/aromatic N) is 1. The van der Waals surface area contributed by atoms with Gasteiger partial charge in [-0.1, -0.05) is 24.3 Å². The molecule has 2 aromatic rings. The van der Waals surface area contributed by atoms with Gasteiger partial charge in [0.1, 0.15) is 0 Å². The molecule has 0 radical (unpaired) electrons. The predicted octanol–water partition coefficient (Wildman–Crippen LogP) is 2.63. The second-order valence-electron chi connectivity index (χ2n) is 3.99. The number of hydrogen-bond donors (Lipinski definition) is 0. The maximum absolute atomic E-state index is 12.4. The van der Waals surface area contributed by atoms with Gasteiger partial charge in [-0.2, -0.15) is 5.26 Å². The molecule has 0 saturated carbocycles. The van der Waals surface area contributed by atoms with Crippen molar-refractivity contribution in [2.24, 2.45) is 0 Å². The lowest BCUT2D eigenvalue weighted by Gasteiger charge is -2.21. The minimum Gasteiger partial charge on any atom is -0.606 e. The molecule has 0 N–H and O–H groups in total. The molecule has 1 heterocycles. The van der Waals surface area contributed by atoms with Crippen LogP contribution in [0.1, 0.15) is 16.7 Å². The van der Waals surface area contributed by atoms with Crippen LogP contribution in [0.15, 0.2) is 52.3 Å². The van der Waals surface area contributed by atoms with Gasteiger partial charge < -0.3 is 4.55 Å². The van der Waals surface area contributed by atoms with Crippen LogP contribution in [0.3, 0.4) is 0 Å². The molecule has 0 amide bonds. The molecule has 3 heteroatoms. The van der Waals surface area contributed by atoms with Crippen molar-refractivity contribution in [2.45, 2.75) is 16.2 Å². The van der Waals surface area contributed by atoms with Gasteiger partial charge in [0.05, 0.1) is 11.6 Å². The summed E-state index contributed by atoms with van der Waals surface area (Å²) in [4.78, 5) is 1.65. The number of rotatable bonds is 0.